The van der Waals surface area contributed by atoms with Gasteiger partial charge in [0.2, 0.25) is 0 Å². The van der Waals surface area contributed by atoms with Gasteiger partial charge < -0.3 is 10.1 Å². The van der Waals surface area contributed by atoms with Gasteiger partial charge in [0.25, 0.3) is 0 Å². The maximum Gasteiger partial charge on any atom is 0.155 e. The highest BCUT2D eigenvalue weighted by Gasteiger charge is 2.31. The van der Waals surface area contributed by atoms with Gasteiger partial charge >= 0.3 is 0 Å². The van der Waals surface area contributed by atoms with Crippen LogP contribution in [0.5, 0.6) is 0 Å². The molecule has 2 heterocycles. The highest BCUT2D eigenvalue weighted by molar-refractivity contribution is 5.44. The van der Waals surface area contributed by atoms with Crippen molar-refractivity contribution >= 4 is 5.69 Å². The van der Waals surface area contributed by atoms with Crippen molar-refractivity contribution in [3.05, 3.63) is 31.0 Å². The van der Waals surface area contributed by atoms with E-state index in [0.717, 1.165) is 24.0 Å². The van der Waals surface area contributed by atoms with E-state index in [0.29, 0.717) is 6.04 Å². The number of nitrogens with one attached hydrogen (secondary N) is 1. The summed E-state index contributed by atoms with van der Waals surface area (Å²) in [5, 5.41) is 7.53. The number of anilines is 1. The van der Waals surface area contributed by atoms with Crippen molar-refractivity contribution in [2.75, 3.05) is 19.0 Å². The van der Waals surface area contributed by atoms with E-state index in [-0.39, 0.29) is 0 Å². The molecule has 0 bridgehead atoms. The van der Waals surface area contributed by atoms with Gasteiger partial charge in [0, 0.05) is 7.11 Å². The lowest BCUT2D eigenvalue weighted by atomic mass is 10.2. The molecule has 2 aromatic heterocycles. The number of aromatic nitrogens is 4. The smallest absolute Gasteiger partial charge is 0.155 e. The third-order valence-corrected chi connectivity index (χ3v) is 3.29. The van der Waals surface area contributed by atoms with Gasteiger partial charge in [-0.15, -0.1) is 0 Å². The van der Waals surface area contributed by atoms with Gasteiger partial charge in [-0.3, -0.25) is 0 Å². The summed E-state index contributed by atoms with van der Waals surface area (Å²) < 4.78 is 6.89. The molecule has 0 amide bonds. The summed E-state index contributed by atoms with van der Waals surface area (Å²) in [6.45, 7) is 0.732. The Morgan fingerprint density at radius 1 is 1.47 bits per heavy atom. The molecule has 1 atom stereocenters. The number of nitrogens with zero attached hydrogens (tertiary/aromatic N) is 4. The third kappa shape index (κ3) is 2.90. The highest BCUT2D eigenvalue weighted by Crippen LogP contribution is 2.34. The summed E-state index contributed by atoms with van der Waals surface area (Å²) >= 11 is 0. The average Bonchev–Trinajstić information content (AvgIpc) is 3.14. The van der Waals surface area contributed by atoms with Crippen molar-refractivity contribution in [3.8, 4) is 5.82 Å². The predicted molar refractivity (Wildman–Crippen MR) is 71.2 cm³/mol. The van der Waals surface area contributed by atoms with Gasteiger partial charge in [-0.05, 0) is 30.9 Å². The molecule has 1 unspecified atom stereocenters. The van der Waals surface area contributed by atoms with E-state index in [9.17, 15) is 0 Å². The monoisotopic (exact) mass is 259 g/mol. The molecule has 6 heteroatoms. The summed E-state index contributed by atoms with van der Waals surface area (Å²) in [6, 6.07) is 4.31. The van der Waals surface area contributed by atoms with Crippen molar-refractivity contribution in [1.29, 1.82) is 0 Å². The molecule has 100 valence electrons. The molecular formula is C13H17N5O. The zero-order chi connectivity index (χ0) is 13.1. The van der Waals surface area contributed by atoms with Crippen LogP contribution in [-0.4, -0.2) is 39.5 Å². The lowest BCUT2D eigenvalue weighted by Gasteiger charge is -2.18. The second kappa shape index (κ2) is 5.36. The molecule has 0 spiro atoms. The second-order valence-corrected chi connectivity index (χ2v) is 4.79. The van der Waals surface area contributed by atoms with Crippen LogP contribution in [0.4, 0.5) is 5.69 Å². The summed E-state index contributed by atoms with van der Waals surface area (Å²) in [7, 11) is 1.74. The minimum absolute atomic E-state index is 0.379. The van der Waals surface area contributed by atoms with Crippen molar-refractivity contribution in [2.24, 2.45) is 5.92 Å². The number of ether oxygens (including phenoxy) is 1. The average molecular weight is 259 g/mol. The standard InChI is InChI=1S/C13H17N5O/c1-19-7-12(10-2-3-10)17-11-4-5-13(15-6-11)18-9-14-8-16-18/h4-6,8-10,12,17H,2-3,7H2,1H3. The fourth-order valence-corrected chi connectivity index (χ4v) is 2.12. The molecule has 19 heavy (non-hydrogen) atoms. The Hall–Kier alpha value is -1.95. The van der Waals surface area contributed by atoms with Crippen LogP contribution < -0.4 is 5.32 Å². The molecule has 0 saturated heterocycles. The maximum absolute atomic E-state index is 5.25. The normalized spacial score (nSPS) is 16.3. The van der Waals surface area contributed by atoms with Crippen LogP contribution in [0.15, 0.2) is 31.0 Å². The van der Waals surface area contributed by atoms with Crippen LogP contribution in [0.25, 0.3) is 5.82 Å². The first-order valence-electron chi connectivity index (χ1n) is 6.43. The fourth-order valence-electron chi connectivity index (χ4n) is 2.12. The van der Waals surface area contributed by atoms with Crippen LogP contribution in [0.2, 0.25) is 0 Å². The zero-order valence-electron chi connectivity index (χ0n) is 10.9. The van der Waals surface area contributed by atoms with Crippen LogP contribution in [-0.2, 0) is 4.74 Å². The van der Waals surface area contributed by atoms with Gasteiger partial charge in [0.05, 0.1) is 24.5 Å². The SMILES string of the molecule is COCC(Nc1ccc(-n2cncn2)nc1)C1CC1. The van der Waals surface area contributed by atoms with E-state index in [1.165, 1.54) is 19.2 Å². The molecule has 6 nitrogen and oxygen atoms in total. The van der Waals surface area contributed by atoms with Crippen molar-refractivity contribution in [1.82, 2.24) is 19.7 Å². The Kier molecular flexibility index (Phi) is 3.41. The van der Waals surface area contributed by atoms with Gasteiger partial charge in [0.15, 0.2) is 5.82 Å². The number of pyridine rings is 1. The summed E-state index contributed by atoms with van der Waals surface area (Å²) in [4.78, 5) is 8.28. The molecule has 1 aliphatic rings. The minimum Gasteiger partial charge on any atom is -0.383 e. The molecule has 3 rings (SSSR count). The lowest BCUT2D eigenvalue weighted by Crippen LogP contribution is -2.27. The minimum atomic E-state index is 0.379. The Morgan fingerprint density at radius 3 is 2.95 bits per heavy atom. The Balaban J connectivity index is 1.68. The molecule has 0 radical (unpaired) electrons. The topological polar surface area (TPSA) is 64.9 Å². The molecule has 1 N–H and O–H groups in total. The summed E-state index contributed by atoms with van der Waals surface area (Å²) in [6.07, 6.45) is 7.52. The van der Waals surface area contributed by atoms with Gasteiger partial charge in [-0.2, -0.15) is 5.10 Å². The second-order valence-electron chi connectivity index (χ2n) is 4.79. The third-order valence-electron chi connectivity index (χ3n) is 3.29. The Morgan fingerprint density at radius 2 is 2.37 bits per heavy atom. The van der Waals surface area contributed by atoms with Gasteiger partial charge in [0.1, 0.15) is 12.7 Å². The van der Waals surface area contributed by atoms with Crippen LogP contribution in [0.3, 0.4) is 0 Å². The van der Waals surface area contributed by atoms with Gasteiger partial charge in [-0.1, -0.05) is 0 Å². The van der Waals surface area contributed by atoms with Crippen LogP contribution >= 0.6 is 0 Å². The number of hydrogen-bond acceptors (Lipinski definition) is 5. The van der Waals surface area contributed by atoms with E-state index in [2.05, 4.69) is 20.4 Å². The maximum atomic E-state index is 5.25. The van der Waals surface area contributed by atoms with Crippen molar-refractivity contribution in [3.63, 3.8) is 0 Å². The first kappa shape index (κ1) is 12.1. The van der Waals surface area contributed by atoms with Crippen LogP contribution in [0, 0.1) is 5.92 Å². The van der Waals surface area contributed by atoms with E-state index >= 15 is 0 Å². The quantitative estimate of drug-likeness (QED) is 0.851. The Labute approximate surface area is 111 Å². The molecule has 0 aromatic carbocycles. The summed E-state index contributed by atoms with van der Waals surface area (Å²) in [5.41, 5.74) is 1.01. The van der Waals surface area contributed by atoms with Crippen molar-refractivity contribution < 1.29 is 4.74 Å². The molecule has 1 saturated carbocycles. The number of methoxy groups -OCH3 is 1. The largest absolute Gasteiger partial charge is 0.383 e. The van der Waals surface area contributed by atoms with E-state index < -0.39 is 0 Å². The first-order valence-corrected chi connectivity index (χ1v) is 6.43. The molecule has 1 fully saturated rings. The molecule has 1 aliphatic carbocycles. The van der Waals surface area contributed by atoms with E-state index in [1.807, 2.05) is 18.3 Å². The molecular weight excluding hydrogens is 242 g/mol. The number of hydrogen-bond donors (Lipinski definition) is 1. The molecule has 0 aliphatic heterocycles. The highest BCUT2D eigenvalue weighted by atomic mass is 16.5. The van der Waals surface area contributed by atoms with Crippen molar-refractivity contribution in [2.45, 2.75) is 18.9 Å². The van der Waals surface area contributed by atoms with Crippen LogP contribution in [0.1, 0.15) is 12.8 Å². The Bertz CT molecular complexity index is 506. The zero-order valence-corrected chi connectivity index (χ0v) is 10.9. The number of rotatable bonds is 6. The summed E-state index contributed by atoms with van der Waals surface area (Å²) in [5.74, 6) is 1.49. The van der Waals surface area contributed by atoms with E-state index in [4.69, 9.17) is 4.74 Å². The van der Waals surface area contributed by atoms with Gasteiger partial charge in [-0.25, -0.2) is 14.6 Å². The fraction of sp³-hybridized carbons (Fsp3) is 0.462. The first-order chi connectivity index (χ1) is 9.36. The lowest BCUT2D eigenvalue weighted by molar-refractivity contribution is 0.179. The van der Waals surface area contributed by atoms with E-state index in [1.54, 1.807) is 18.1 Å². The predicted octanol–water partition coefficient (Wildman–Crippen LogP) is 1.50. The molecule has 2 aromatic rings.